The van der Waals surface area contributed by atoms with Crippen LogP contribution in [0.4, 0.5) is 5.69 Å². The van der Waals surface area contributed by atoms with Gasteiger partial charge in [-0.1, -0.05) is 19.1 Å². The molecule has 1 amide bonds. The highest BCUT2D eigenvalue weighted by Gasteiger charge is 2.25. The number of para-hydroxylation sites is 1. The number of carbonyl (C=O) groups excluding carboxylic acids is 1. The molecule has 1 aliphatic rings. The topological polar surface area (TPSA) is 80.3 Å². The second-order valence-electron chi connectivity index (χ2n) is 8.91. The first-order valence-electron chi connectivity index (χ1n) is 11.6. The van der Waals surface area contributed by atoms with Crippen molar-refractivity contribution in [2.75, 3.05) is 11.9 Å². The van der Waals surface area contributed by atoms with Gasteiger partial charge in [0, 0.05) is 34.5 Å². The third kappa shape index (κ3) is 4.11. The molecule has 7 heteroatoms. The second-order valence-corrected chi connectivity index (χ2v) is 8.91. The summed E-state index contributed by atoms with van der Waals surface area (Å²) in [5.41, 5.74) is 2.11. The summed E-state index contributed by atoms with van der Waals surface area (Å²) in [5, 5.41) is 20.1. The van der Waals surface area contributed by atoms with Gasteiger partial charge >= 0.3 is 11.6 Å². The molecular formula is C26H29N4O3+. The zero-order valence-corrected chi connectivity index (χ0v) is 19.0. The molecule has 1 saturated carbocycles. The Morgan fingerprint density at radius 2 is 1.94 bits per heavy atom. The summed E-state index contributed by atoms with van der Waals surface area (Å²) in [4.78, 5) is 13.1. The Hall–Kier alpha value is -3.61. The Labute approximate surface area is 192 Å². The number of aromatic nitrogens is 3. The first-order valence-corrected chi connectivity index (χ1v) is 11.6. The molecule has 1 aliphatic carbocycles. The number of carbonyl (C=O) groups is 1. The van der Waals surface area contributed by atoms with Crippen LogP contribution in [0.3, 0.4) is 0 Å². The SMILES string of the molecule is CCOc1cc2nn(C3CCC(C)CC3)cc2cc1NC(=O)c1ccc2ccccc2[n+]1O. The molecular weight excluding hydrogens is 416 g/mol. The molecule has 0 bridgehead atoms. The fraction of sp³-hybridized carbons (Fsp3) is 0.346. The van der Waals surface area contributed by atoms with Crippen LogP contribution in [0.5, 0.6) is 5.75 Å². The van der Waals surface area contributed by atoms with Crippen molar-refractivity contribution in [2.24, 2.45) is 5.92 Å². The minimum atomic E-state index is -0.419. The molecule has 1 fully saturated rings. The number of ether oxygens (including phenoxy) is 1. The fourth-order valence-electron chi connectivity index (χ4n) is 4.69. The van der Waals surface area contributed by atoms with E-state index >= 15 is 0 Å². The molecule has 5 rings (SSSR count). The number of amides is 1. The number of hydrogen-bond acceptors (Lipinski definition) is 4. The van der Waals surface area contributed by atoms with Gasteiger partial charge in [0.25, 0.3) is 5.52 Å². The quantitative estimate of drug-likeness (QED) is 0.330. The summed E-state index contributed by atoms with van der Waals surface area (Å²) >= 11 is 0. The van der Waals surface area contributed by atoms with Crippen molar-refractivity contribution < 1.29 is 19.5 Å². The van der Waals surface area contributed by atoms with E-state index in [2.05, 4.69) is 23.1 Å². The van der Waals surface area contributed by atoms with Gasteiger partial charge in [-0.2, -0.15) is 5.10 Å². The molecule has 0 saturated heterocycles. The molecule has 2 N–H and O–H groups in total. The van der Waals surface area contributed by atoms with Gasteiger partial charge in [0.05, 0.1) is 29.2 Å². The molecule has 0 aliphatic heterocycles. The zero-order chi connectivity index (χ0) is 22.9. The lowest BCUT2D eigenvalue weighted by Gasteiger charge is -2.26. The molecule has 0 radical (unpaired) electrons. The van der Waals surface area contributed by atoms with Crippen molar-refractivity contribution in [1.29, 1.82) is 0 Å². The maximum atomic E-state index is 13.1. The van der Waals surface area contributed by atoms with Crippen LogP contribution in [-0.2, 0) is 0 Å². The summed E-state index contributed by atoms with van der Waals surface area (Å²) in [5.74, 6) is 0.922. The number of fused-ring (bicyclic) bond motifs is 2. The normalized spacial score (nSPS) is 18.5. The maximum absolute atomic E-state index is 13.1. The molecule has 4 aromatic rings. The lowest BCUT2D eigenvalue weighted by molar-refractivity contribution is -0.885. The maximum Gasteiger partial charge on any atom is 0.325 e. The van der Waals surface area contributed by atoms with E-state index < -0.39 is 5.91 Å². The Kier molecular flexibility index (Phi) is 5.62. The van der Waals surface area contributed by atoms with Crippen LogP contribution >= 0.6 is 0 Å². The van der Waals surface area contributed by atoms with Crippen LogP contribution in [0.2, 0.25) is 0 Å². The van der Waals surface area contributed by atoms with Crippen molar-refractivity contribution in [2.45, 2.75) is 45.6 Å². The number of pyridine rings is 1. The minimum Gasteiger partial charge on any atom is -0.492 e. The lowest BCUT2D eigenvalue weighted by Crippen LogP contribution is -2.40. The van der Waals surface area contributed by atoms with E-state index in [1.165, 1.54) is 12.8 Å². The minimum absolute atomic E-state index is 0.142. The predicted octanol–water partition coefficient (Wildman–Crippen LogP) is 5.12. The average Bonchev–Trinajstić information content (AvgIpc) is 3.23. The largest absolute Gasteiger partial charge is 0.492 e. The average molecular weight is 446 g/mol. The highest BCUT2D eigenvalue weighted by molar-refractivity contribution is 6.04. The highest BCUT2D eigenvalue weighted by atomic mass is 16.5. The summed E-state index contributed by atoms with van der Waals surface area (Å²) in [6, 6.07) is 15.0. The number of rotatable bonds is 5. The van der Waals surface area contributed by atoms with E-state index in [-0.39, 0.29) is 5.69 Å². The molecule has 0 atom stereocenters. The Balaban J connectivity index is 1.47. The van der Waals surface area contributed by atoms with E-state index in [1.54, 1.807) is 12.1 Å². The predicted molar refractivity (Wildman–Crippen MR) is 127 cm³/mol. The van der Waals surface area contributed by atoms with Gasteiger partial charge in [-0.05, 0) is 56.7 Å². The third-order valence-corrected chi connectivity index (χ3v) is 6.58. The molecule has 2 heterocycles. The lowest BCUT2D eigenvalue weighted by atomic mass is 9.87. The van der Waals surface area contributed by atoms with Crippen LogP contribution in [0.25, 0.3) is 21.8 Å². The Morgan fingerprint density at radius 1 is 1.15 bits per heavy atom. The van der Waals surface area contributed by atoms with E-state index in [0.717, 1.165) is 39.8 Å². The highest BCUT2D eigenvalue weighted by Crippen LogP contribution is 2.35. The summed E-state index contributed by atoms with van der Waals surface area (Å²) in [6.45, 7) is 4.68. The number of nitrogens with one attached hydrogen (secondary N) is 1. The van der Waals surface area contributed by atoms with Gasteiger partial charge in [-0.25, -0.2) is 0 Å². The van der Waals surface area contributed by atoms with E-state index in [4.69, 9.17) is 9.84 Å². The van der Waals surface area contributed by atoms with Crippen molar-refractivity contribution in [3.8, 4) is 5.75 Å². The van der Waals surface area contributed by atoms with E-state index in [0.29, 0.717) is 29.6 Å². The van der Waals surface area contributed by atoms with Crippen molar-refractivity contribution >= 4 is 33.4 Å². The Morgan fingerprint density at radius 3 is 2.73 bits per heavy atom. The summed E-state index contributed by atoms with van der Waals surface area (Å²) in [6.07, 6.45) is 6.77. The molecule has 7 nitrogen and oxygen atoms in total. The standard InChI is InChI=1S/C26H28N4O3/c1-3-33-25-15-21-19(16-29(28-21)20-11-8-17(2)9-12-20)14-22(25)27-26(31)24-13-10-18-6-4-5-7-23(18)30(24)32/h4-7,10,13-17,20H,3,8-9,11-12H2,1-2H3,(H-,27,31,32)/p+1. The first-order chi connectivity index (χ1) is 16.0. The monoisotopic (exact) mass is 445 g/mol. The molecule has 0 unspecified atom stereocenters. The summed E-state index contributed by atoms with van der Waals surface area (Å²) < 4.78 is 8.81. The van der Waals surface area contributed by atoms with E-state index in [9.17, 15) is 10.0 Å². The van der Waals surface area contributed by atoms with Crippen molar-refractivity contribution in [3.05, 3.63) is 60.4 Å². The van der Waals surface area contributed by atoms with Crippen LogP contribution in [-0.4, -0.2) is 27.5 Å². The van der Waals surface area contributed by atoms with Crippen LogP contribution in [0.1, 0.15) is 56.1 Å². The molecule has 2 aromatic heterocycles. The number of hydrogen-bond donors (Lipinski definition) is 2. The smallest absolute Gasteiger partial charge is 0.325 e. The van der Waals surface area contributed by atoms with Crippen LogP contribution in [0.15, 0.2) is 54.7 Å². The van der Waals surface area contributed by atoms with Gasteiger partial charge < -0.3 is 10.1 Å². The van der Waals surface area contributed by atoms with Gasteiger partial charge in [-0.3, -0.25) is 14.7 Å². The molecule has 170 valence electrons. The third-order valence-electron chi connectivity index (χ3n) is 6.58. The van der Waals surface area contributed by atoms with Crippen LogP contribution < -0.4 is 14.8 Å². The molecule has 0 spiro atoms. The Bertz CT molecular complexity index is 1320. The first kappa shape index (κ1) is 21.2. The number of anilines is 1. The zero-order valence-electron chi connectivity index (χ0n) is 19.0. The van der Waals surface area contributed by atoms with E-state index in [1.807, 2.05) is 43.3 Å². The molecule has 2 aromatic carbocycles. The van der Waals surface area contributed by atoms with Gasteiger partial charge in [0.1, 0.15) is 5.75 Å². The second kappa shape index (κ2) is 8.73. The fourth-order valence-corrected chi connectivity index (χ4v) is 4.69. The number of nitrogens with zero attached hydrogens (tertiary/aromatic N) is 3. The van der Waals surface area contributed by atoms with Gasteiger partial charge in [0.2, 0.25) is 0 Å². The molecule has 33 heavy (non-hydrogen) atoms. The van der Waals surface area contributed by atoms with Crippen LogP contribution in [0, 0.1) is 5.92 Å². The summed E-state index contributed by atoms with van der Waals surface area (Å²) in [7, 11) is 0. The van der Waals surface area contributed by atoms with Crippen molar-refractivity contribution in [3.63, 3.8) is 0 Å². The van der Waals surface area contributed by atoms with Gasteiger partial charge in [0.15, 0.2) is 0 Å². The van der Waals surface area contributed by atoms with Crippen molar-refractivity contribution in [1.82, 2.24) is 9.78 Å². The number of benzene rings is 2. The van der Waals surface area contributed by atoms with Gasteiger partial charge in [-0.15, -0.1) is 0 Å².